The zero-order valence-electron chi connectivity index (χ0n) is 12.1. The van der Waals surface area contributed by atoms with E-state index >= 15 is 0 Å². The second-order valence-electron chi connectivity index (χ2n) is 4.48. The number of anilines is 1. The van der Waals surface area contributed by atoms with Gasteiger partial charge < -0.3 is 19.3 Å². The van der Waals surface area contributed by atoms with Crippen LogP contribution in [0.25, 0.3) is 0 Å². The van der Waals surface area contributed by atoms with Crippen molar-refractivity contribution in [3.63, 3.8) is 0 Å². The maximum atomic E-state index is 10.3. The highest BCUT2D eigenvalue weighted by atomic mass is 28.4. The highest BCUT2D eigenvalue weighted by Gasteiger charge is 2.39. The van der Waals surface area contributed by atoms with Gasteiger partial charge in [-0.05, 0) is 38.9 Å². The average Bonchev–Trinajstić information content (AvgIpc) is 2.40. The minimum Gasteiger partial charge on any atom is -0.393 e. The Kier molecular flexibility index (Phi) is 7.08. The van der Waals surface area contributed by atoms with E-state index in [1.54, 1.807) is 0 Å². The predicted molar refractivity (Wildman–Crippen MR) is 80.4 cm³/mol. The van der Waals surface area contributed by atoms with Gasteiger partial charge in [0.2, 0.25) is 0 Å². The molecule has 0 amide bonds. The van der Waals surface area contributed by atoms with Crippen LogP contribution in [0, 0.1) is 0 Å². The predicted octanol–water partition coefficient (Wildman–Crippen LogP) is 2.53. The van der Waals surface area contributed by atoms with E-state index in [4.69, 9.17) is 8.85 Å². The van der Waals surface area contributed by atoms with Crippen molar-refractivity contribution in [1.29, 1.82) is 0 Å². The van der Waals surface area contributed by atoms with Crippen molar-refractivity contribution in [3.8, 4) is 0 Å². The fraction of sp³-hybridized carbons (Fsp3) is 0.571. The van der Waals surface area contributed by atoms with Gasteiger partial charge in [-0.15, -0.1) is 0 Å². The largest absolute Gasteiger partial charge is 0.393 e. The first-order chi connectivity index (χ1) is 9.12. The van der Waals surface area contributed by atoms with Gasteiger partial charge >= 0.3 is 8.56 Å². The molecule has 2 N–H and O–H groups in total. The number of para-hydroxylation sites is 1. The lowest BCUT2D eigenvalue weighted by atomic mass is 10.3. The molecule has 1 atom stereocenters. The normalized spacial score (nSPS) is 13.3. The molecule has 108 valence electrons. The summed E-state index contributed by atoms with van der Waals surface area (Å²) >= 11 is 0. The molecular weight excluding hydrogens is 258 g/mol. The van der Waals surface area contributed by atoms with Gasteiger partial charge in [0.15, 0.2) is 0 Å². The lowest BCUT2D eigenvalue weighted by Crippen LogP contribution is -2.51. The summed E-state index contributed by atoms with van der Waals surface area (Å²) in [6.45, 7) is 7.64. The molecule has 0 aromatic heterocycles. The van der Waals surface area contributed by atoms with Gasteiger partial charge in [-0.1, -0.05) is 18.2 Å². The maximum absolute atomic E-state index is 10.3. The summed E-state index contributed by atoms with van der Waals surface area (Å²) in [4.78, 5) is 0. The molecule has 0 radical (unpaired) electrons. The van der Waals surface area contributed by atoms with Crippen LogP contribution in [0.3, 0.4) is 0 Å². The highest BCUT2D eigenvalue weighted by Crippen LogP contribution is 2.16. The molecule has 0 bridgehead atoms. The Morgan fingerprint density at radius 1 is 1.16 bits per heavy atom. The smallest absolute Gasteiger partial charge is 0.364 e. The van der Waals surface area contributed by atoms with Crippen molar-refractivity contribution in [1.82, 2.24) is 0 Å². The molecule has 0 spiro atoms. The molecule has 0 heterocycles. The molecule has 1 unspecified atom stereocenters. The van der Waals surface area contributed by atoms with Gasteiger partial charge in [-0.3, -0.25) is 0 Å². The fourth-order valence-corrected chi connectivity index (χ4v) is 4.26. The Morgan fingerprint density at radius 2 is 1.74 bits per heavy atom. The van der Waals surface area contributed by atoms with Gasteiger partial charge in [0.05, 0.1) is 5.73 Å². The molecule has 1 aromatic carbocycles. The van der Waals surface area contributed by atoms with Crippen LogP contribution in [0.15, 0.2) is 30.3 Å². The topological polar surface area (TPSA) is 50.7 Å². The Morgan fingerprint density at radius 3 is 2.26 bits per heavy atom. The first kappa shape index (κ1) is 16.2. The summed E-state index contributed by atoms with van der Waals surface area (Å²) in [5, 5.41) is 13.6. The minimum atomic E-state index is -2.48. The number of benzene rings is 1. The van der Waals surface area contributed by atoms with Crippen molar-refractivity contribution >= 4 is 14.2 Å². The second kappa shape index (κ2) is 8.32. The quantitative estimate of drug-likeness (QED) is 0.684. The fourth-order valence-electron chi connectivity index (χ4n) is 1.98. The molecule has 0 aliphatic heterocycles. The summed E-state index contributed by atoms with van der Waals surface area (Å²) in [5.74, 6) is 0. The molecule has 5 heteroatoms. The molecule has 0 aliphatic rings. The van der Waals surface area contributed by atoms with E-state index < -0.39 is 14.3 Å². The van der Waals surface area contributed by atoms with Crippen molar-refractivity contribution in [2.24, 2.45) is 0 Å². The molecule has 19 heavy (non-hydrogen) atoms. The molecule has 0 saturated heterocycles. The summed E-state index contributed by atoms with van der Waals surface area (Å²) in [5.41, 5.74) is 0.537. The molecular formula is C14H25NO3Si. The van der Waals surface area contributed by atoms with E-state index in [2.05, 4.69) is 5.32 Å². The van der Waals surface area contributed by atoms with Crippen molar-refractivity contribution in [2.45, 2.75) is 32.5 Å². The molecule has 1 rings (SSSR count). The molecule has 1 aromatic rings. The molecule has 0 saturated carbocycles. The van der Waals surface area contributed by atoms with Crippen molar-refractivity contribution in [2.75, 3.05) is 25.1 Å². The van der Waals surface area contributed by atoms with Crippen LogP contribution >= 0.6 is 0 Å². The zero-order chi connectivity index (χ0) is 14.1. The summed E-state index contributed by atoms with van der Waals surface area (Å²) in [6, 6.07) is 9.96. The number of hydrogen-bond acceptors (Lipinski definition) is 4. The first-order valence-corrected chi connectivity index (χ1v) is 9.26. The number of rotatable bonds is 9. The van der Waals surface area contributed by atoms with Crippen LogP contribution in [-0.4, -0.2) is 39.2 Å². The lowest BCUT2D eigenvalue weighted by Gasteiger charge is -2.30. The first-order valence-electron chi connectivity index (χ1n) is 6.87. The van der Waals surface area contributed by atoms with Crippen LogP contribution < -0.4 is 5.32 Å². The third kappa shape index (κ3) is 5.32. The molecule has 0 aliphatic carbocycles. The van der Waals surface area contributed by atoms with Gasteiger partial charge in [0, 0.05) is 25.4 Å². The van der Waals surface area contributed by atoms with Crippen LogP contribution in [0.1, 0.15) is 20.3 Å². The minimum absolute atomic E-state index is 0.524. The molecule has 4 nitrogen and oxygen atoms in total. The third-order valence-corrected chi connectivity index (χ3v) is 6.21. The second-order valence-corrected chi connectivity index (χ2v) is 7.75. The van der Waals surface area contributed by atoms with Crippen molar-refractivity contribution in [3.05, 3.63) is 30.3 Å². The lowest BCUT2D eigenvalue weighted by molar-refractivity contribution is 0.113. The number of nitrogens with one attached hydrogen (secondary N) is 1. The zero-order valence-corrected chi connectivity index (χ0v) is 13.1. The Bertz CT molecular complexity index is 342. The standard InChI is InChI=1S/C14H25NO3Si/c1-4-17-19(3,18-5-2)14(16)11-12-15-13-9-7-6-8-10-13/h6-10,14-16H,4-5,11-12H2,1-3H3. The Labute approximate surface area is 117 Å². The van der Waals surface area contributed by atoms with Crippen LogP contribution in [-0.2, 0) is 8.85 Å². The number of aliphatic hydroxyl groups is 1. The number of hydrogen-bond donors (Lipinski definition) is 2. The van der Waals surface area contributed by atoms with Gasteiger partial charge in [0.1, 0.15) is 0 Å². The molecule has 0 fully saturated rings. The van der Waals surface area contributed by atoms with E-state index in [9.17, 15) is 5.11 Å². The average molecular weight is 283 g/mol. The summed E-state index contributed by atoms with van der Waals surface area (Å²) in [7, 11) is -2.48. The summed E-state index contributed by atoms with van der Waals surface area (Å²) in [6.07, 6.45) is 0.623. The van der Waals surface area contributed by atoms with E-state index in [0.717, 1.165) is 5.69 Å². The van der Waals surface area contributed by atoms with Crippen LogP contribution in [0.4, 0.5) is 5.69 Å². The van der Waals surface area contributed by atoms with E-state index in [1.807, 2.05) is 50.7 Å². The van der Waals surface area contributed by atoms with Crippen molar-refractivity contribution < 1.29 is 14.0 Å². The third-order valence-electron chi connectivity index (χ3n) is 2.99. The monoisotopic (exact) mass is 283 g/mol. The van der Waals surface area contributed by atoms with Crippen LogP contribution in [0.5, 0.6) is 0 Å². The van der Waals surface area contributed by atoms with E-state index in [0.29, 0.717) is 26.2 Å². The van der Waals surface area contributed by atoms with Crippen LogP contribution in [0.2, 0.25) is 6.55 Å². The van der Waals surface area contributed by atoms with Gasteiger partial charge in [0.25, 0.3) is 0 Å². The Balaban J connectivity index is 2.42. The van der Waals surface area contributed by atoms with Gasteiger partial charge in [-0.2, -0.15) is 0 Å². The highest BCUT2D eigenvalue weighted by molar-refractivity contribution is 6.67. The number of aliphatic hydroxyl groups excluding tert-OH is 1. The van der Waals surface area contributed by atoms with Gasteiger partial charge in [-0.25, -0.2) is 0 Å². The maximum Gasteiger partial charge on any atom is 0.364 e. The van der Waals surface area contributed by atoms with E-state index in [-0.39, 0.29) is 0 Å². The SMILES string of the molecule is CCO[Si](C)(OCC)C(O)CCNc1ccccc1. The summed E-state index contributed by atoms with van der Waals surface area (Å²) < 4.78 is 11.3. The van der Waals surface area contributed by atoms with E-state index in [1.165, 1.54) is 0 Å². The Hall–Kier alpha value is -0.883.